The van der Waals surface area contributed by atoms with Crippen molar-refractivity contribution in [2.75, 3.05) is 0 Å². The van der Waals surface area contributed by atoms with E-state index < -0.39 is 11.0 Å². The number of hydrogen-bond acceptors (Lipinski definition) is 1. The molecule has 0 heterocycles. The quantitative estimate of drug-likeness (QED) is 0.613. The summed E-state index contributed by atoms with van der Waals surface area (Å²) < 4.78 is 10.5. The van der Waals surface area contributed by atoms with Gasteiger partial charge < -0.3 is 0 Å². The molecule has 48 valence electrons. The molecule has 0 aliphatic carbocycles. The van der Waals surface area contributed by atoms with Gasteiger partial charge in [0.25, 0.3) is 0 Å². The van der Waals surface area contributed by atoms with E-state index in [9.17, 15) is 4.21 Å². The van der Waals surface area contributed by atoms with Crippen LogP contribution >= 0.6 is 0 Å². The minimum absolute atomic E-state index is 0.664. The van der Waals surface area contributed by atoms with Gasteiger partial charge in [-0.3, -0.25) is 0 Å². The highest BCUT2D eigenvalue weighted by Gasteiger charge is 1.91. The summed E-state index contributed by atoms with van der Waals surface area (Å²) in [5.41, 5.74) is 0. The zero-order valence-corrected chi connectivity index (χ0v) is 5.60. The van der Waals surface area contributed by atoms with Crippen LogP contribution in [0.1, 0.15) is 0 Å². The maximum absolute atomic E-state index is 10.5. The topological polar surface area (TPSA) is 43.1 Å². The lowest BCUT2D eigenvalue weighted by molar-refractivity contribution is 0.684. The van der Waals surface area contributed by atoms with E-state index in [4.69, 9.17) is 5.14 Å². The molecule has 0 saturated heterocycles. The van der Waals surface area contributed by atoms with Gasteiger partial charge in [0.1, 0.15) is 11.0 Å². The lowest BCUT2D eigenvalue weighted by Crippen LogP contribution is -2.01. The third-order valence-corrected chi connectivity index (χ3v) is 1.71. The number of rotatable bonds is 1. The minimum atomic E-state index is -1.33. The van der Waals surface area contributed by atoms with E-state index in [0.29, 0.717) is 4.90 Å². The predicted molar refractivity (Wildman–Crippen MR) is 37.0 cm³/mol. The molecule has 2 N–H and O–H groups in total. The van der Waals surface area contributed by atoms with E-state index in [1.807, 2.05) is 6.07 Å². The standard InChI is InChI=1S/C6H7NOS/c7-9(8)6-4-2-1-3-5-6/h1-5H,7H2/t9-/m1/s1. The third-order valence-electron chi connectivity index (χ3n) is 0.976. The second kappa shape index (κ2) is 2.75. The Labute approximate surface area is 56.3 Å². The Morgan fingerprint density at radius 3 is 2.11 bits per heavy atom. The Bertz CT molecular complexity index is 210. The molecule has 0 spiro atoms. The molecule has 3 heteroatoms. The second-order valence-electron chi connectivity index (χ2n) is 1.61. The van der Waals surface area contributed by atoms with E-state index in [-0.39, 0.29) is 0 Å². The van der Waals surface area contributed by atoms with Crippen LogP contribution in [0.2, 0.25) is 0 Å². The number of hydrogen-bond donors (Lipinski definition) is 1. The molecule has 9 heavy (non-hydrogen) atoms. The molecule has 2 nitrogen and oxygen atoms in total. The molecule has 1 aromatic rings. The zero-order valence-electron chi connectivity index (χ0n) is 4.78. The van der Waals surface area contributed by atoms with Crippen molar-refractivity contribution in [2.24, 2.45) is 5.14 Å². The molecule has 0 unspecified atom stereocenters. The number of benzene rings is 1. The van der Waals surface area contributed by atoms with Crippen molar-refractivity contribution in [3.63, 3.8) is 0 Å². The summed E-state index contributed by atoms with van der Waals surface area (Å²) in [7, 11) is -1.33. The van der Waals surface area contributed by atoms with Crippen molar-refractivity contribution >= 4 is 11.0 Å². The maximum atomic E-state index is 10.5. The van der Waals surface area contributed by atoms with Crippen molar-refractivity contribution in [1.82, 2.24) is 0 Å². The molecule has 1 aromatic carbocycles. The van der Waals surface area contributed by atoms with Gasteiger partial charge >= 0.3 is 0 Å². The van der Waals surface area contributed by atoms with Crippen molar-refractivity contribution in [1.29, 1.82) is 0 Å². The van der Waals surface area contributed by atoms with Gasteiger partial charge in [-0.05, 0) is 12.1 Å². The first-order valence-corrected chi connectivity index (χ1v) is 3.73. The summed E-state index contributed by atoms with van der Waals surface area (Å²) in [5, 5.41) is 5.09. The van der Waals surface area contributed by atoms with Crippen LogP contribution in [-0.4, -0.2) is 4.21 Å². The fourth-order valence-corrected chi connectivity index (χ4v) is 0.980. The highest BCUT2D eigenvalue weighted by atomic mass is 32.2. The Morgan fingerprint density at radius 2 is 1.78 bits per heavy atom. The molecule has 0 bridgehead atoms. The molecule has 0 saturated carbocycles. The minimum Gasteiger partial charge on any atom is -0.248 e. The highest BCUT2D eigenvalue weighted by Crippen LogP contribution is 1.99. The predicted octanol–water partition coefficient (Wildman–Crippen LogP) is 0.668. The van der Waals surface area contributed by atoms with Gasteiger partial charge in [-0.15, -0.1) is 0 Å². The molecule has 0 amide bonds. The van der Waals surface area contributed by atoms with Crippen molar-refractivity contribution < 1.29 is 4.21 Å². The smallest absolute Gasteiger partial charge is 0.122 e. The summed E-state index contributed by atoms with van der Waals surface area (Å²) >= 11 is 0. The first-order chi connectivity index (χ1) is 4.30. The van der Waals surface area contributed by atoms with Gasteiger partial charge in [-0.2, -0.15) is 0 Å². The van der Waals surface area contributed by atoms with Crippen molar-refractivity contribution in [3.8, 4) is 0 Å². The molecule has 0 radical (unpaired) electrons. The number of nitrogens with two attached hydrogens (primary N) is 1. The van der Waals surface area contributed by atoms with E-state index >= 15 is 0 Å². The van der Waals surface area contributed by atoms with Crippen LogP contribution in [0, 0.1) is 0 Å². The van der Waals surface area contributed by atoms with Crippen LogP contribution in [0.5, 0.6) is 0 Å². The van der Waals surface area contributed by atoms with Gasteiger partial charge in [0, 0.05) is 0 Å². The van der Waals surface area contributed by atoms with Crippen LogP contribution < -0.4 is 5.14 Å². The van der Waals surface area contributed by atoms with E-state index in [1.165, 1.54) is 0 Å². The lowest BCUT2D eigenvalue weighted by Gasteiger charge is -1.90. The summed E-state index contributed by atoms with van der Waals surface area (Å²) in [6.45, 7) is 0. The molecule has 0 aliphatic rings. The average Bonchev–Trinajstić information content (AvgIpc) is 1.90. The lowest BCUT2D eigenvalue weighted by atomic mass is 10.4. The van der Waals surface area contributed by atoms with Crippen molar-refractivity contribution in [2.45, 2.75) is 4.90 Å². The highest BCUT2D eigenvalue weighted by molar-refractivity contribution is 7.82. The molecule has 0 aliphatic heterocycles. The van der Waals surface area contributed by atoms with Gasteiger partial charge in [-0.1, -0.05) is 18.2 Å². The molecule has 0 aromatic heterocycles. The summed E-state index contributed by atoms with van der Waals surface area (Å²) in [5.74, 6) is 0. The van der Waals surface area contributed by atoms with Gasteiger partial charge in [0.15, 0.2) is 0 Å². The van der Waals surface area contributed by atoms with Crippen LogP contribution in [0.3, 0.4) is 0 Å². The molecular formula is C6H7NOS. The fourth-order valence-electron chi connectivity index (χ4n) is 0.555. The normalized spacial score (nSPS) is 13.0. The Hall–Kier alpha value is -0.670. The van der Waals surface area contributed by atoms with E-state index in [2.05, 4.69) is 0 Å². The average molecular weight is 141 g/mol. The van der Waals surface area contributed by atoms with Gasteiger partial charge in [0.05, 0.1) is 4.90 Å². The van der Waals surface area contributed by atoms with Crippen LogP contribution in [0.4, 0.5) is 0 Å². The largest absolute Gasteiger partial charge is 0.248 e. The van der Waals surface area contributed by atoms with Gasteiger partial charge in [-0.25, -0.2) is 9.35 Å². The van der Waals surface area contributed by atoms with Crippen LogP contribution in [0.25, 0.3) is 0 Å². The monoisotopic (exact) mass is 141 g/mol. The van der Waals surface area contributed by atoms with Crippen molar-refractivity contribution in [3.05, 3.63) is 30.3 Å². The Morgan fingerprint density at radius 1 is 1.22 bits per heavy atom. The molecular weight excluding hydrogens is 134 g/mol. The van der Waals surface area contributed by atoms with Gasteiger partial charge in [0.2, 0.25) is 0 Å². The second-order valence-corrected chi connectivity index (χ2v) is 2.68. The maximum Gasteiger partial charge on any atom is 0.122 e. The Balaban J connectivity index is 2.98. The molecule has 0 fully saturated rings. The third kappa shape index (κ3) is 1.62. The first kappa shape index (κ1) is 6.45. The SMILES string of the molecule is N[S@](=O)c1ccccc1. The van der Waals surface area contributed by atoms with E-state index in [1.54, 1.807) is 24.3 Å². The molecule has 1 rings (SSSR count). The summed E-state index contributed by atoms with van der Waals surface area (Å²) in [6.07, 6.45) is 0. The summed E-state index contributed by atoms with van der Waals surface area (Å²) in [6, 6.07) is 8.93. The summed E-state index contributed by atoms with van der Waals surface area (Å²) in [4.78, 5) is 0.664. The fraction of sp³-hybridized carbons (Fsp3) is 0. The van der Waals surface area contributed by atoms with Crippen LogP contribution in [0.15, 0.2) is 35.2 Å². The zero-order chi connectivity index (χ0) is 6.69. The molecule has 1 atom stereocenters. The Kier molecular flexibility index (Phi) is 1.97. The van der Waals surface area contributed by atoms with Crippen LogP contribution in [-0.2, 0) is 11.0 Å². The van der Waals surface area contributed by atoms with E-state index in [0.717, 1.165) is 0 Å². The first-order valence-electron chi connectivity index (χ1n) is 2.52.